The Kier molecular flexibility index (Phi) is 6.68. The molecule has 118 valence electrons. The number of unbranched alkanes of at least 4 members (excludes halogenated alkanes) is 1. The maximum atomic E-state index is 3.71. The van der Waals surface area contributed by atoms with Gasteiger partial charge < -0.3 is 10.2 Å². The first-order valence-corrected chi connectivity index (χ1v) is 8.37. The van der Waals surface area contributed by atoms with E-state index in [0.717, 1.165) is 6.54 Å². The van der Waals surface area contributed by atoms with E-state index in [0.29, 0.717) is 12.1 Å². The zero-order valence-electron chi connectivity index (χ0n) is 13.9. The zero-order valence-corrected chi connectivity index (χ0v) is 13.9. The SMILES string of the molecule is CCC1CN(CCCCN(C)C)C(c2ccccc2)CN1. The molecule has 21 heavy (non-hydrogen) atoms. The van der Waals surface area contributed by atoms with E-state index in [-0.39, 0.29) is 0 Å². The van der Waals surface area contributed by atoms with Crippen molar-refractivity contribution in [2.75, 3.05) is 40.3 Å². The molecule has 0 bridgehead atoms. The Morgan fingerprint density at radius 3 is 2.62 bits per heavy atom. The molecule has 1 aromatic rings. The van der Waals surface area contributed by atoms with E-state index in [1.807, 2.05) is 0 Å². The van der Waals surface area contributed by atoms with Crippen LogP contribution in [0.15, 0.2) is 30.3 Å². The Bertz CT molecular complexity index is 391. The second-order valence-corrected chi connectivity index (χ2v) is 6.45. The fraction of sp³-hybridized carbons (Fsp3) is 0.667. The first-order valence-electron chi connectivity index (χ1n) is 8.37. The summed E-state index contributed by atoms with van der Waals surface area (Å²) in [6, 6.07) is 12.1. The van der Waals surface area contributed by atoms with E-state index in [4.69, 9.17) is 0 Å². The first kappa shape index (κ1) is 16.5. The van der Waals surface area contributed by atoms with Gasteiger partial charge in [-0.05, 0) is 52.0 Å². The monoisotopic (exact) mass is 289 g/mol. The van der Waals surface area contributed by atoms with Gasteiger partial charge in [0, 0.05) is 25.2 Å². The van der Waals surface area contributed by atoms with Crippen LogP contribution < -0.4 is 5.32 Å². The molecule has 1 heterocycles. The smallest absolute Gasteiger partial charge is 0.0473 e. The third-order valence-electron chi connectivity index (χ3n) is 4.47. The van der Waals surface area contributed by atoms with Crippen LogP contribution in [-0.4, -0.2) is 56.1 Å². The average Bonchev–Trinajstić information content (AvgIpc) is 2.52. The highest BCUT2D eigenvalue weighted by Crippen LogP contribution is 2.24. The maximum absolute atomic E-state index is 3.71. The normalized spacial score (nSPS) is 23.6. The standard InChI is InChI=1S/C18H31N3/c1-4-17-15-21(13-9-8-12-20(2)3)18(14-19-17)16-10-6-5-7-11-16/h5-7,10-11,17-19H,4,8-9,12-15H2,1-3H3. The second-order valence-electron chi connectivity index (χ2n) is 6.45. The van der Waals surface area contributed by atoms with E-state index < -0.39 is 0 Å². The molecule has 0 amide bonds. The van der Waals surface area contributed by atoms with Crippen LogP contribution in [0.3, 0.4) is 0 Å². The molecule has 0 saturated carbocycles. The Morgan fingerprint density at radius 2 is 1.95 bits per heavy atom. The van der Waals surface area contributed by atoms with Crippen molar-refractivity contribution in [3.8, 4) is 0 Å². The minimum Gasteiger partial charge on any atom is -0.311 e. The quantitative estimate of drug-likeness (QED) is 0.779. The van der Waals surface area contributed by atoms with E-state index in [9.17, 15) is 0 Å². The Balaban J connectivity index is 1.93. The number of hydrogen-bond donors (Lipinski definition) is 1. The minimum atomic E-state index is 0.536. The largest absolute Gasteiger partial charge is 0.311 e. The van der Waals surface area contributed by atoms with Gasteiger partial charge in [-0.2, -0.15) is 0 Å². The van der Waals surface area contributed by atoms with Crippen molar-refractivity contribution < 1.29 is 0 Å². The van der Waals surface area contributed by atoms with Crippen LogP contribution in [0.5, 0.6) is 0 Å². The number of piperazine rings is 1. The molecule has 2 rings (SSSR count). The van der Waals surface area contributed by atoms with Gasteiger partial charge in [-0.1, -0.05) is 37.3 Å². The van der Waals surface area contributed by atoms with E-state index in [1.54, 1.807) is 0 Å². The van der Waals surface area contributed by atoms with E-state index in [2.05, 4.69) is 66.5 Å². The zero-order chi connectivity index (χ0) is 15.1. The number of nitrogens with zero attached hydrogens (tertiary/aromatic N) is 2. The van der Waals surface area contributed by atoms with E-state index >= 15 is 0 Å². The molecule has 0 radical (unpaired) electrons. The summed E-state index contributed by atoms with van der Waals surface area (Å²) in [5.74, 6) is 0. The molecule has 1 fully saturated rings. The predicted molar refractivity (Wildman–Crippen MR) is 90.6 cm³/mol. The fourth-order valence-corrected chi connectivity index (χ4v) is 3.15. The van der Waals surface area contributed by atoms with Gasteiger partial charge in [-0.3, -0.25) is 4.90 Å². The van der Waals surface area contributed by atoms with Crippen molar-refractivity contribution >= 4 is 0 Å². The minimum absolute atomic E-state index is 0.536. The van der Waals surface area contributed by atoms with Crippen LogP contribution in [0.25, 0.3) is 0 Å². The van der Waals surface area contributed by atoms with Crippen LogP contribution in [0.4, 0.5) is 0 Å². The van der Waals surface area contributed by atoms with Crippen molar-refractivity contribution in [2.24, 2.45) is 0 Å². The van der Waals surface area contributed by atoms with Crippen LogP contribution in [0.1, 0.15) is 37.8 Å². The summed E-state index contributed by atoms with van der Waals surface area (Å²) < 4.78 is 0. The van der Waals surface area contributed by atoms with Gasteiger partial charge in [-0.15, -0.1) is 0 Å². The lowest BCUT2D eigenvalue weighted by Gasteiger charge is -2.40. The third-order valence-corrected chi connectivity index (χ3v) is 4.47. The highest BCUT2D eigenvalue weighted by Gasteiger charge is 2.27. The summed E-state index contributed by atoms with van der Waals surface area (Å²) >= 11 is 0. The Labute approximate surface area is 130 Å². The van der Waals surface area contributed by atoms with Gasteiger partial charge in [0.25, 0.3) is 0 Å². The van der Waals surface area contributed by atoms with Crippen molar-refractivity contribution in [2.45, 2.75) is 38.3 Å². The van der Waals surface area contributed by atoms with Crippen molar-refractivity contribution in [3.63, 3.8) is 0 Å². The summed E-state index contributed by atoms with van der Waals surface area (Å²) in [5.41, 5.74) is 1.45. The number of rotatable bonds is 7. The van der Waals surface area contributed by atoms with Crippen molar-refractivity contribution in [3.05, 3.63) is 35.9 Å². The maximum Gasteiger partial charge on any atom is 0.0473 e. The average molecular weight is 289 g/mol. The molecule has 1 aliphatic rings. The number of nitrogens with one attached hydrogen (secondary N) is 1. The lowest BCUT2D eigenvalue weighted by Crippen LogP contribution is -2.52. The van der Waals surface area contributed by atoms with Gasteiger partial charge >= 0.3 is 0 Å². The number of benzene rings is 1. The van der Waals surface area contributed by atoms with Crippen molar-refractivity contribution in [1.29, 1.82) is 0 Å². The van der Waals surface area contributed by atoms with Gasteiger partial charge in [0.15, 0.2) is 0 Å². The lowest BCUT2D eigenvalue weighted by atomic mass is 9.99. The topological polar surface area (TPSA) is 18.5 Å². The van der Waals surface area contributed by atoms with Crippen LogP contribution in [0, 0.1) is 0 Å². The summed E-state index contributed by atoms with van der Waals surface area (Å²) in [6.45, 7) is 6.95. The molecule has 3 heteroatoms. The molecule has 0 spiro atoms. The van der Waals surface area contributed by atoms with Crippen LogP contribution in [0.2, 0.25) is 0 Å². The number of hydrogen-bond acceptors (Lipinski definition) is 3. The van der Waals surface area contributed by atoms with Gasteiger partial charge in [0.2, 0.25) is 0 Å². The Hall–Kier alpha value is -0.900. The molecule has 1 aliphatic heterocycles. The first-order chi connectivity index (χ1) is 10.2. The van der Waals surface area contributed by atoms with E-state index in [1.165, 1.54) is 44.5 Å². The molecule has 3 nitrogen and oxygen atoms in total. The van der Waals surface area contributed by atoms with Crippen LogP contribution in [-0.2, 0) is 0 Å². The predicted octanol–water partition coefficient (Wildman–Crippen LogP) is 2.75. The molecule has 0 aromatic heterocycles. The van der Waals surface area contributed by atoms with Gasteiger partial charge in [0.1, 0.15) is 0 Å². The fourth-order valence-electron chi connectivity index (χ4n) is 3.15. The summed E-state index contributed by atoms with van der Waals surface area (Å²) in [4.78, 5) is 4.97. The van der Waals surface area contributed by atoms with Crippen LogP contribution >= 0.6 is 0 Å². The van der Waals surface area contributed by atoms with Gasteiger partial charge in [0.05, 0.1) is 0 Å². The molecule has 0 aliphatic carbocycles. The Morgan fingerprint density at radius 1 is 1.19 bits per heavy atom. The van der Waals surface area contributed by atoms with Crippen molar-refractivity contribution in [1.82, 2.24) is 15.1 Å². The second kappa shape index (κ2) is 8.52. The molecular formula is C18H31N3. The molecule has 1 aromatic carbocycles. The molecule has 2 unspecified atom stereocenters. The summed E-state index contributed by atoms with van der Waals surface area (Å²) in [6.07, 6.45) is 3.79. The third kappa shape index (κ3) is 5.10. The highest BCUT2D eigenvalue weighted by atomic mass is 15.2. The van der Waals surface area contributed by atoms with Gasteiger partial charge in [-0.25, -0.2) is 0 Å². The summed E-state index contributed by atoms with van der Waals surface area (Å²) in [7, 11) is 4.31. The highest BCUT2D eigenvalue weighted by molar-refractivity contribution is 5.20. The molecular weight excluding hydrogens is 258 g/mol. The summed E-state index contributed by atoms with van der Waals surface area (Å²) in [5, 5.41) is 3.71. The lowest BCUT2D eigenvalue weighted by molar-refractivity contribution is 0.125. The molecule has 2 atom stereocenters. The molecule has 1 N–H and O–H groups in total. The molecule has 1 saturated heterocycles.